The van der Waals surface area contributed by atoms with Crippen molar-refractivity contribution in [3.05, 3.63) is 11.9 Å². The SMILES string of the molecule is CCC(C)(N)C(=O)NCc1cn(CC(=O)O)nn1. The molecule has 1 unspecified atom stereocenters. The highest BCUT2D eigenvalue weighted by atomic mass is 16.4. The summed E-state index contributed by atoms with van der Waals surface area (Å²) >= 11 is 0. The van der Waals surface area contributed by atoms with Crippen LogP contribution in [0.3, 0.4) is 0 Å². The number of carbonyl (C=O) groups excluding carboxylic acids is 1. The van der Waals surface area contributed by atoms with E-state index in [4.69, 9.17) is 10.8 Å². The smallest absolute Gasteiger partial charge is 0.325 e. The first kappa shape index (κ1) is 14.1. The van der Waals surface area contributed by atoms with Crippen molar-refractivity contribution in [3.63, 3.8) is 0 Å². The first-order valence-electron chi connectivity index (χ1n) is 5.53. The Bertz CT molecular complexity index is 440. The van der Waals surface area contributed by atoms with Crippen molar-refractivity contribution >= 4 is 11.9 Å². The molecule has 1 aromatic heterocycles. The Labute approximate surface area is 104 Å². The van der Waals surface area contributed by atoms with Gasteiger partial charge in [0.2, 0.25) is 5.91 Å². The molecule has 100 valence electrons. The molecule has 1 heterocycles. The molecule has 1 atom stereocenters. The van der Waals surface area contributed by atoms with Crippen LogP contribution in [0.15, 0.2) is 6.20 Å². The summed E-state index contributed by atoms with van der Waals surface area (Å²) in [5, 5.41) is 18.6. The lowest BCUT2D eigenvalue weighted by Crippen LogP contribution is -2.50. The van der Waals surface area contributed by atoms with Crippen LogP contribution < -0.4 is 11.1 Å². The molecule has 0 aromatic carbocycles. The molecule has 0 saturated carbocycles. The molecule has 0 saturated heterocycles. The zero-order valence-electron chi connectivity index (χ0n) is 10.4. The molecule has 1 aromatic rings. The Morgan fingerprint density at radius 3 is 2.83 bits per heavy atom. The van der Waals surface area contributed by atoms with Gasteiger partial charge in [0.05, 0.1) is 18.3 Å². The van der Waals surface area contributed by atoms with Gasteiger partial charge >= 0.3 is 5.97 Å². The highest BCUT2D eigenvalue weighted by Gasteiger charge is 2.25. The molecule has 8 heteroatoms. The molecule has 18 heavy (non-hydrogen) atoms. The van der Waals surface area contributed by atoms with E-state index < -0.39 is 11.5 Å². The quantitative estimate of drug-likeness (QED) is 0.605. The number of carboxylic acids is 1. The van der Waals surface area contributed by atoms with Gasteiger partial charge in [-0.05, 0) is 13.3 Å². The fraction of sp³-hybridized carbons (Fsp3) is 0.600. The predicted octanol–water partition coefficient (Wildman–Crippen LogP) is -0.894. The molecule has 1 rings (SSSR count). The number of hydrogen-bond acceptors (Lipinski definition) is 5. The number of amides is 1. The summed E-state index contributed by atoms with van der Waals surface area (Å²) in [6, 6.07) is 0. The van der Waals surface area contributed by atoms with Gasteiger partial charge in [0.25, 0.3) is 0 Å². The van der Waals surface area contributed by atoms with Crippen LogP contribution in [0.1, 0.15) is 26.0 Å². The molecule has 0 spiro atoms. The molecular weight excluding hydrogens is 238 g/mol. The van der Waals surface area contributed by atoms with Gasteiger partial charge in [0, 0.05) is 0 Å². The monoisotopic (exact) mass is 255 g/mol. The molecule has 0 aliphatic rings. The number of rotatable bonds is 6. The van der Waals surface area contributed by atoms with E-state index in [0.717, 1.165) is 0 Å². The third-order valence-electron chi connectivity index (χ3n) is 2.57. The van der Waals surface area contributed by atoms with E-state index in [9.17, 15) is 9.59 Å². The maximum Gasteiger partial charge on any atom is 0.325 e. The van der Waals surface area contributed by atoms with E-state index in [1.165, 1.54) is 10.9 Å². The number of nitrogens with zero attached hydrogens (tertiary/aromatic N) is 3. The standard InChI is InChI=1S/C10H17N5O3/c1-3-10(2,11)9(18)12-4-7-5-15(14-13-7)6-8(16)17/h5H,3-4,6,11H2,1-2H3,(H,12,18)(H,16,17). The lowest BCUT2D eigenvalue weighted by molar-refractivity contribution is -0.138. The summed E-state index contributed by atoms with van der Waals surface area (Å²) in [5.41, 5.74) is 5.33. The van der Waals surface area contributed by atoms with Gasteiger partial charge in [-0.2, -0.15) is 0 Å². The number of hydrogen-bond donors (Lipinski definition) is 3. The molecule has 8 nitrogen and oxygen atoms in total. The molecule has 1 amide bonds. The highest BCUT2D eigenvalue weighted by molar-refractivity contribution is 5.85. The molecule has 0 aliphatic heterocycles. The Balaban J connectivity index is 2.51. The molecule has 4 N–H and O–H groups in total. The van der Waals surface area contributed by atoms with Crippen LogP contribution in [-0.4, -0.2) is 37.5 Å². The first-order chi connectivity index (χ1) is 8.35. The minimum atomic E-state index is -1.00. The minimum absolute atomic E-state index is 0.172. The highest BCUT2D eigenvalue weighted by Crippen LogP contribution is 2.04. The number of aromatic nitrogens is 3. The Morgan fingerprint density at radius 1 is 1.61 bits per heavy atom. The van der Waals surface area contributed by atoms with Crippen molar-refractivity contribution in [3.8, 4) is 0 Å². The van der Waals surface area contributed by atoms with E-state index >= 15 is 0 Å². The third-order valence-corrected chi connectivity index (χ3v) is 2.57. The van der Waals surface area contributed by atoms with E-state index in [2.05, 4.69) is 15.6 Å². The molecular formula is C10H17N5O3. The predicted molar refractivity (Wildman–Crippen MR) is 62.4 cm³/mol. The van der Waals surface area contributed by atoms with E-state index in [-0.39, 0.29) is 19.0 Å². The third kappa shape index (κ3) is 3.81. The average molecular weight is 255 g/mol. The van der Waals surface area contributed by atoms with E-state index in [1.54, 1.807) is 6.92 Å². The Hall–Kier alpha value is -1.96. The van der Waals surface area contributed by atoms with Crippen molar-refractivity contribution in [2.24, 2.45) is 5.73 Å². The Kier molecular flexibility index (Phi) is 4.38. The second-order valence-corrected chi connectivity index (χ2v) is 4.25. The van der Waals surface area contributed by atoms with E-state index in [0.29, 0.717) is 12.1 Å². The van der Waals surface area contributed by atoms with Crippen molar-refractivity contribution in [2.75, 3.05) is 0 Å². The zero-order valence-corrected chi connectivity index (χ0v) is 10.4. The number of carbonyl (C=O) groups is 2. The van der Waals surface area contributed by atoms with Crippen LogP contribution in [0.5, 0.6) is 0 Å². The van der Waals surface area contributed by atoms with Crippen LogP contribution in [0.4, 0.5) is 0 Å². The van der Waals surface area contributed by atoms with Crippen molar-refractivity contribution in [2.45, 2.75) is 38.9 Å². The normalized spacial score (nSPS) is 13.9. The lowest BCUT2D eigenvalue weighted by Gasteiger charge is -2.20. The maximum atomic E-state index is 11.7. The van der Waals surface area contributed by atoms with Crippen molar-refractivity contribution in [1.29, 1.82) is 0 Å². The second kappa shape index (κ2) is 5.58. The molecule has 0 fully saturated rings. The summed E-state index contributed by atoms with van der Waals surface area (Å²) in [7, 11) is 0. The summed E-state index contributed by atoms with van der Waals surface area (Å²) in [6.07, 6.45) is 1.98. The number of nitrogens with two attached hydrogens (primary N) is 1. The summed E-state index contributed by atoms with van der Waals surface area (Å²) < 4.78 is 1.19. The number of nitrogens with one attached hydrogen (secondary N) is 1. The molecule has 0 radical (unpaired) electrons. The summed E-state index contributed by atoms with van der Waals surface area (Å²) in [6.45, 7) is 3.38. The van der Waals surface area contributed by atoms with Gasteiger partial charge in [-0.25, -0.2) is 4.68 Å². The van der Waals surface area contributed by atoms with Crippen LogP contribution >= 0.6 is 0 Å². The van der Waals surface area contributed by atoms with Gasteiger partial charge in [-0.15, -0.1) is 5.10 Å². The van der Waals surface area contributed by atoms with Crippen LogP contribution in [0.2, 0.25) is 0 Å². The second-order valence-electron chi connectivity index (χ2n) is 4.25. The molecule has 0 aliphatic carbocycles. The van der Waals surface area contributed by atoms with Crippen molar-refractivity contribution in [1.82, 2.24) is 20.3 Å². The average Bonchev–Trinajstić information content (AvgIpc) is 2.72. The topological polar surface area (TPSA) is 123 Å². The van der Waals surface area contributed by atoms with Crippen LogP contribution in [0, 0.1) is 0 Å². The van der Waals surface area contributed by atoms with Crippen molar-refractivity contribution < 1.29 is 14.7 Å². The van der Waals surface area contributed by atoms with E-state index in [1.807, 2.05) is 6.92 Å². The number of aliphatic carboxylic acids is 1. The maximum absolute atomic E-state index is 11.7. The minimum Gasteiger partial charge on any atom is -0.480 e. The van der Waals surface area contributed by atoms with Crippen LogP contribution in [0.25, 0.3) is 0 Å². The fourth-order valence-electron chi connectivity index (χ4n) is 1.17. The zero-order chi connectivity index (χ0) is 13.8. The summed E-state index contributed by atoms with van der Waals surface area (Å²) in [4.78, 5) is 22.1. The largest absolute Gasteiger partial charge is 0.480 e. The lowest BCUT2D eigenvalue weighted by atomic mass is 10.00. The Morgan fingerprint density at radius 2 is 2.28 bits per heavy atom. The van der Waals surface area contributed by atoms with Crippen LogP contribution in [-0.2, 0) is 22.7 Å². The fourth-order valence-corrected chi connectivity index (χ4v) is 1.17. The van der Waals surface area contributed by atoms with Gasteiger partial charge in [0.1, 0.15) is 12.2 Å². The number of carboxylic acid groups (broad SMARTS) is 1. The molecule has 0 bridgehead atoms. The first-order valence-corrected chi connectivity index (χ1v) is 5.53. The summed E-state index contributed by atoms with van der Waals surface area (Å²) in [5.74, 6) is -1.28. The van der Waals surface area contributed by atoms with Gasteiger partial charge < -0.3 is 16.2 Å². The van der Waals surface area contributed by atoms with Gasteiger partial charge in [0.15, 0.2) is 0 Å². The van der Waals surface area contributed by atoms with Gasteiger partial charge in [-0.1, -0.05) is 12.1 Å². The van der Waals surface area contributed by atoms with Gasteiger partial charge in [-0.3, -0.25) is 9.59 Å².